The number of carbonyl (C=O) groups excluding carboxylic acids is 1. The van der Waals surface area contributed by atoms with Crippen molar-refractivity contribution in [3.8, 4) is 5.75 Å². The first kappa shape index (κ1) is 30.8. The van der Waals surface area contributed by atoms with Gasteiger partial charge in [0.1, 0.15) is 18.4 Å². The van der Waals surface area contributed by atoms with Gasteiger partial charge in [0, 0.05) is 27.2 Å². The Bertz CT molecular complexity index is 1890. The van der Waals surface area contributed by atoms with Crippen molar-refractivity contribution in [2.24, 2.45) is 0 Å². The van der Waals surface area contributed by atoms with Crippen LogP contribution in [0.2, 0.25) is 10.0 Å². The third-order valence-corrected chi connectivity index (χ3v) is 9.04. The van der Waals surface area contributed by atoms with Gasteiger partial charge in [0.15, 0.2) is 0 Å². The molecule has 10 heteroatoms. The third-order valence-electron chi connectivity index (χ3n) is 7.54. The molecule has 1 aromatic heterocycles. The highest BCUT2D eigenvalue weighted by molar-refractivity contribution is 7.98. The van der Waals surface area contributed by atoms with E-state index in [2.05, 4.69) is 10.6 Å². The van der Waals surface area contributed by atoms with E-state index in [1.165, 1.54) is 11.8 Å². The van der Waals surface area contributed by atoms with Crippen LogP contribution in [0.4, 0.5) is 11.6 Å². The summed E-state index contributed by atoms with van der Waals surface area (Å²) in [6.07, 6.45) is 0. The highest BCUT2D eigenvalue weighted by Gasteiger charge is 2.34. The Balaban J connectivity index is 1.30. The molecule has 7 nitrogen and oxygen atoms in total. The molecule has 6 rings (SSSR count). The molecule has 2 heterocycles. The number of allylic oxidation sites excluding steroid dienone is 1. The molecule has 1 aliphatic heterocycles. The lowest BCUT2D eigenvalue weighted by Crippen LogP contribution is -2.31. The smallest absolute Gasteiger partial charge is 0.255 e. The van der Waals surface area contributed by atoms with E-state index < -0.39 is 6.04 Å². The van der Waals surface area contributed by atoms with Gasteiger partial charge in [-0.2, -0.15) is 4.98 Å². The summed E-state index contributed by atoms with van der Waals surface area (Å²) in [7, 11) is 0. The number of ether oxygens (including phenoxy) is 1. The Morgan fingerprint density at radius 3 is 2.47 bits per heavy atom. The number of fused-ring (bicyclic) bond motifs is 1. The first-order valence-electron chi connectivity index (χ1n) is 14.4. The van der Waals surface area contributed by atoms with Crippen molar-refractivity contribution in [2.45, 2.75) is 44.3 Å². The number of hydrogen-bond donors (Lipinski definition) is 2. The molecule has 5 aromatic rings. The van der Waals surface area contributed by atoms with Crippen LogP contribution in [-0.2, 0) is 17.2 Å². The molecule has 45 heavy (non-hydrogen) atoms. The SMILES string of the molecule is CC1=C(C(=O)Nc2ccc(C)cc2C)C(c2ccc(OCc3ccc(Cl)cc3)cc2)n2nc(SCc3ccccc3Cl)nc2N1. The van der Waals surface area contributed by atoms with E-state index in [0.717, 1.165) is 33.5 Å². The lowest BCUT2D eigenvalue weighted by atomic mass is 9.94. The second kappa shape index (κ2) is 13.4. The number of rotatable bonds is 9. The van der Waals surface area contributed by atoms with Crippen molar-refractivity contribution in [3.63, 3.8) is 0 Å². The van der Waals surface area contributed by atoms with Gasteiger partial charge in [0.25, 0.3) is 5.91 Å². The molecule has 0 saturated heterocycles. The average Bonchev–Trinajstić information content (AvgIpc) is 3.43. The molecule has 1 unspecified atom stereocenters. The van der Waals surface area contributed by atoms with Crippen LogP contribution in [0, 0.1) is 13.8 Å². The van der Waals surface area contributed by atoms with Crippen LogP contribution in [0.5, 0.6) is 5.75 Å². The number of amides is 1. The van der Waals surface area contributed by atoms with E-state index in [-0.39, 0.29) is 5.91 Å². The Hall–Kier alpha value is -4.24. The van der Waals surface area contributed by atoms with Crippen LogP contribution in [-0.4, -0.2) is 20.7 Å². The van der Waals surface area contributed by atoms with E-state index in [1.54, 1.807) is 4.68 Å². The minimum atomic E-state index is -0.528. The minimum Gasteiger partial charge on any atom is -0.489 e. The van der Waals surface area contributed by atoms with Crippen molar-refractivity contribution >= 4 is 52.5 Å². The zero-order chi connectivity index (χ0) is 31.5. The molecule has 0 radical (unpaired) electrons. The summed E-state index contributed by atoms with van der Waals surface area (Å²) in [4.78, 5) is 18.8. The molecule has 1 aliphatic rings. The summed E-state index contributed by atoms with van der Waals surface area (Å²) in [5.74, 6) is 1.66. The van der Waals surface area contributed by atoms with Crippen LogP contribution in [0.15, 0.2) is 107 Å². The highest BCUT2D eigenvalue weighted by atomic mass is 35.5. The maximum atomic E-state index is 14.0. The summed E-state index contributed by atoms with van der Waals surface area (Å²) in [6.45, 7) is 6.32. The van der Waals surface area contributed by atoms with E-state index >= 15 is 0 Å². The van der Waals surface area contributed by atoms with Gasteiger partial charge in [0.2, 0.25) is 11.1 Å². The van der Waals surface area contributed by atoms with Gasteiger partial charge in [-0.1, -0.05) is 95.1 Å². The van der Waals surface area contributed by atoms with Gasteiger partial charge in [-0.3, -0.25) is 4.79 Å². The first-order chi connectivity index (χ1) is 21.7. The van der Waals surface area contributed by atoms with Crippen LogP contribution in [0.25, 0.3) is 0 Å². The second-order valence-corrected chi connectivity index (χ2v) is 12.7. The van der Waals surface area contributed by atoms with Crippen molar-refractivity contribution in [1.82, 2.24) is 14.8 Å². The molecule has 1 amide bonds. The molecule has 0 spiro atoms. The lowest BCUT2D eigenvalue weighted by molar-refractivity contribution is -0.113. The third kappa shape index (κ3) is 7.04. The number of carbonyl (C=O) groups is 1. The fraction of sp³-hybridized carbons (Fsp3) is 0.171. The average molecular weight is 657 g/mol. The van der Waals surface area contributed by atoms with E-state index in [4.69, 9.17) is 38.0 Å². The Kier molecular flexibility index (Phi) is 9.16. The van der Waals surface area contributed by atoms with Crippen molar-refractivity contribution in [1.29, 1.82) is 0 Å². The second-order valence-electron chi connectivity index (χ2n) is 10.9. The quantitative estimate of drug-likeness (QED) is 0.154. The number of thioether (sulfide) groups is 1. The number of halogens is 2. The number of anilines is 2. The maximum Gasteiger partial charge on any atom is 0.255 e. The number of nitrogens with one attached hydrogen (secondary N) is 2. The summed E-state index contributed by atoms with van der Waals surface area (Å²) in [5, 5.41) is 13.3. The number of benzene rings is 4. The van der Waals surface area contributed by atoms with Gasteiger partial charge < -0.3 is 15.4 Å². The molecular formula is C35H31Cl2N5O2S. The molecule has 4 aromatic carbocycles. The van der Waals surface area contributed by atoms with Gasteiger partial charge in [-0.05, 0) is 79.4 Å². The van der Waals surface area contributed by atoms with Crippen LogP contribution >= 0.6 is 35.0 Å². The predicted octanol–water partition coefficient (Wildman–Crippen LogP) is 9.00. The van der Waals surface area contributed by atoms with Crippen molar-refractivity contribution in [2.75, 3.05) is 10.6 Å². The number of nitrogens with zero attached hydrogens (tertiary/aromatic N) is 3. The number of aromatic nitrogens is 3. The Morgan fingerprint density at radius 2 is 1.73 bits per heavy atom. The standard InChI is InChI=1S/C35H31Cl2N5O2S/c1-21-8-17-30(22(2)18-21)39-33(43)31-23(3)38-34-40-35(45-20-26-6-4-5-7-29(26)37)41-42(34)32(31)25-11-15-28(16-12-25)44-19-24-9-13-27(36)14-10-24/h4-18,32H,19-20H2,1-3H3,(H,39,43)(H,38,40,41). The van der Waals surface area contributed by atoms with Gasteiger partial charge >= 0.3 is 0 Å². The summed E-state index contributed by atoms with van der Waals surface area (Å²) < 4.78 is 7.81. The monoisotopic (exact) mass is 655 g/mol. The Morgan fingerprint density at radius 1 is 0.978 bits per heavy atom. The highest BCUT2D eigenvalue weighted by Crippen LogP contribution is 2.38. The molecule has 228 valence electrons. The first-order valence-corrected chi connectivity index (χ1v) is 16.2. The van der Waals surface area contributed by atoms with Crippen LogP contribution in [0.1, 0.15) is 40.8 Å². The minimum absolute atomic E-state index is 0.216. The summed E-state index contributed by atoms with van der Waals surface area (Å²) in [6, 6.07) is 28.5. The van der Waals surface area contributed by atoms with E-state index in [9.17, 15) is 4.79 Å². The predicted molar refractivity (Wildman–Crippen MR) is 182 cm³/mol. The normalized spacial score (nSPS) is 14.1. The van der Waals surface area contributed by atoms with Crippen LogP contribution < -0.4 is 15.4 Å². The Labute approximate surface area is 276 Å². The molecule has 0 aliphatic carbocycles. The van der Waals surface area contributed by atoms with Gasteiger partial charge in [-0.15, -0.1) is 5.10 Å². The molecule has 0 bridgehead atoms. The summed E-state index contributed by atoms with van der Waals surface area (Å²) in [5.41, 5.74) is 7.01. The molecule has 1 atom stereocenters. The van der Waals surface area contributed by atoms with E-state index in [0.29, 0.717) is 50.5 Å². The van der Waals surface area contributed by atoms with Gasteiger partial charge in [0.05, 0.1) is 5.57 Å². The van der Waals surface area contributed by atoms with Crippen molar-refractivity contribution < 1.29 is 9.53 Å². The largest absolute Gasteiger partial charge is 0.489 e. The summed E-state index contributed by atoms with van der Waals surface area (Å²) >= 11 is 13.9. The van der Waals surface area contributed by atoms with Gasteiger partial charge in [-0.25, -0.2) is 4.68 Å². The lowest BCUT2D eigenvalue weighted by Gasteiger charge is -2.29. The molecule has 2 N–H and O–H groups in total. The fourth-order valence-corrected chi connectivity index (χ4v) is 6.43. The van der Waals surface area contributed by atoms with Crippen LogP contribution in [0.3, 0.4) is 0 Å². The molecular weight excluding hydrogens is 625 g/mol. The van der Waals surface area contributed by atoms with Crippen molar-refractivity contribution in [3.05, 3.63) is 140 Å². The zero-order valence-corrected chi connectivity index (χ0v) is 27.3. The molecule has 0 fully saturated rings. The molecule has 0 saturated carbocycles. The fourth-order valence-electron chi connectivity index (χ4n) is 5.19. The topological polar surface area (TPSA) is 81.1 Å². The zero-order valence-electron chi connectivity index (χ0n) is 25.0. The maximum absolute atomic E-state index is 14.0. The number of aryl methyl sites for hydroxylation is 2. The number of hydrogen-bond acceptors (Lipinski definition) is 6. The van der Waals surface area contributed by atoms with E-state index in [1.807, 2.05) is 112 Å².